The normalized spacial score (nSPS) is 13.8. The Morgan fingerprint density at radius 2 is 2.19 bits per heavy atom. The molecule has 0 amide bonds. The predicted octanol–water partition coefficient (Wildman–Crippen LogP) is 2.17. The summed E-state index contributed by atoms with van der Waals surface area (Å²) in [6.07, 6.45) is 1.41. The second kappa shape index (κ2) is 6.92. The van der Waals surface area contributed by atoms with Crippen molar-refractivity contribution < 1.29 is 14.3 Å². The number of H-pyrrole nitrogens is 1. The minimum Gasteiger partial charge on any atom is -0.481 e. The van der Waals surface area contributed by atoms with Gasteiger partial charge in [0.1, 0.15) is 5.82 Å². The number of halogens is 1. The third kappa shape index (κ3) is 3.62. The largest absolute Gasteiger partial charge is 0.481 e. The molecule has 0 fully saturated rings. The molecule has 0 aliphatic heterocycles. The van der Waals surface area contributed by atoms with Gasteiger partial charge >= 0.3 is 5.97 Å². The molecule has 0 bridgehead atoms. The predicted molar refractivity (Wildman–Crippen MR) is 73.1 cm³/mol. The molecule has 0 aliphatic rings. The Kier molecular flexibility index (Phi) is 4.97. The Morgan fingerprint density at radius 3 is 2.76 bits per heavy atom. The van der Waals surface area contributed by atoms with Crippen molar-refractivity contribution >= 4 is 5.97 Å². The van der Waals surface area contributed by atoms with Gasteiger partial charge in [-0.05, 0) is 24.5 Å². The number of hydrogen-bond donors (Lipinski definition) is 2. The van der Waals surface area contributed by atoms with Gasteiger partial charge in [0.25, 0.3) is 0 Å². The number of tetrazole rings is 1. The Balaban J connectivity index is 2.32. The number of nitrogens with zero attached hydrogens (tertiary/aromatic N) is 3. The van der Waals surface area contributed by atoms with Gasteiger partial charge in [0.05, 0.1) is 5.92 Å². The highest BCUT2D eigenvalue weighted by Crippen LogP contribution is 2.30. The maximum absolute atomic E-state index is 13.8. The fourth-order valence-electron chi connectivity index (χ4n) is 2.45. The number of hydrogen-bond acceptors (Lipinski definition) is 4. The number of nitrogens with one attached hydrogen (secondary N) is 1. The van der Waals surface area contributed by atoms with Crippen LogP contribution in [0.4, 0.5) is 4.39 Å². The van der Waals surface area contributed by atoms with Gasteiger partial charge in [-0.3, -0.25) is 4.79 Å². The van der Waals surface area contributed by atoms with Crippen molar-refractivity contribution in [2.75, 3.05) is 0 Å². The van der Waals surface area contributed by atoms with E-state index in [1.54, 1.807) is 18.2 Å². The van der Waals surface area contributed by atoms with Crippen molar-refractivity contribution in [3.63, 3.8) is 0 Å². The molecule has 0 spiro atoms. The van der Waals surface area contributed by atoms with E-state index in [2.05, 4.69) is 20.6 Å². The molecule has 2 rings (SSSR count). The molecule has 21 heavy (non-hydrogen) atoms. The summed E-state index contributed by atoms with van der Waals surface area (Å²) in [6, 6.07) is 6.33. The van der Waals surface area contributed by atoms with Crippen LogP contribution in [-0.2, 0) is 11.2 Å². The number of carboxylic acids is 1. The van der Waals surface area contributed by atoms with E-state index >= 15 is 0 Å². The fourth-order valence-corrected chi connectivity index (χ4v) is 2.45. The molecule has 6 nitrogen and oxygen atoms in total. The first-order chi connectivity index (χ1) is 10.1. The van der Waals surface area contributed by atoms with Gasteiger partial charge in [0.2, 0.25) is 0 Å². The van der Waals surface area contributed by atoms with Crippen molar-refractivity contribution in [2.24, 2.45) is 5.92 Å². The highest BCUT2D eigenvalue weighted by Gasteiger charge is 2.32. The first-order valence-corrected chi connectivity index (χ1v) is 6.83. The zero-order chi connectivity index (χ0) is 15.2. The van der Waals surface area contributed by atoms with E-state index in [0.29, 0.717) is 24.2 Å². The average molecular weight is 292 g/mol. The lowest BCUT2D eigenvalue weighted by Crippen LogP contribution is -2.25. The Bertz CT molecular complexity index is 588. The highest BCUT2D eigenvalue weighted by atomic mass is 19.1. The van der Waals surface area contributed by atoms with Crippen LogP contribution in [0.2, 0.25) is 0 Å². The number of aromatic amines is 1. The van der Waals surface area contributed by atoms with Gasteiger partial charge < -0.3 is 5.11 Å². The van der Waals surface area contributed by atoms with Crippen molar-refractivity contribution in [2.45, 2.75) is 32.1 Å². The van der Waals surface area contributed by atoms with Gasteiger partial charge in [-0.2, -0.15) is 5.21 Å². The molecule has 1 heterocycles. The first kappa shape index (κ1) is 15.1. The van der Waals surface area contributed by atoms with Gasteiger partial charge in [-0.25, -0.2) is 4.39 Å². The van der Waals surface area contributed by atoms with Crippen molar-refractivity contribution in [3.8, 4) is 0 Å². The SMILES string of the molecule is CCCC(C(=O)O)C(Cc1ccccc1F)c1nn[nH]n1. The van der Waals surface area contributed by atoms with Crippen LogP contribution in [0.15, 0.2) is 24.3 Å². The summed E-state index contributed by atoms with van der Waals surface area (Å²) in [5, 5.41) is 23.0. The van der Waals surface area contributed by atoms with E-state index in [9.17, 15) is 14.3 Å². The zero-order valence-corrected chi connectivity index (χ0v) is 11.7. The molecular weight excluding hydrogens is 275 g/mol. The Hall–Kier alpha value is -2.31. The third-order valence-electron chi connectivity index (χ3n) is 3.49. The third-order valence-corrected chi connectivity index (χ3v) is 3.49. The van der Waals surface area contributed by atoms with E-state index < -0.39 is 17.8 Å². The molecule has 0 saturated heterocycles. The van der Waals surface area contributed by atoms with Gasteiger partial charge in [-0.1, -0.05) is 36.8 Å². The Labute approximate surface area is 121 Å². The van der Waals surface area contributed by atoms with Crippen LogP contribution in [0.25, 0.3) is 0 Å². The van der Waals surface area contributed by atoms with Crippen LogP contribution in [0.5, 0.6) is 0 Å². The van der Waals surface area contributed by atoms with Crippen LogP contribution in [0.3, 0.4) is 0 Å². The van der Waals surface area contributed by atoms with Crippen molar-refractivity contribution in [1.82, 2.24) is 20.6 Å². The summed E-state index contributed by atoms with van der Waals surface area (Å²) in [4.78, 5) is 11.5. The maximum Gasteiger partial charge on any atom is 0.307 e. The molecular formula is C14H17FN4O2. The molecule has 1 aromatic heterocycles. The van der Waals surface area contributed by atoms with Crippen molar-refractivity contribution in [1.29, 1.82) is 0 Å². The smallest absolute Gasteiger partial charge is 0.307 e. The summed E-state index contributed by atoms with van der Waals surface area (Å²) in [7, 11) is 0. The monoisotopic (exact) mass is 292 g/mol. The molecule has 7 heteroatoms. The second-order valence-electron chi connectivity index (χ2n) is 4.91. The average Bonchev–Trinajstić information content (AvgIpc) is 2.98. The molecule has 0 radical (unpaired) electrons. The lowest BCUT2D eigenvalue weighted by atomic mass is 9.83. The van der Waals surface area contributed by atoms with E-state index in [4.69, 9.17) is 0 Å². The lowest BCUT2D eigenvalue weighted by Gasteiger charge is -2.21. The van der Waals surface area contributed by atoms with Crippen molar-refractivity contribution in [3.05, 3.63) is 41.5 Å². The fraction of sp³-hybridized carbons (Fsp3) is 0.429. The summed E-state index contributed by atoms with van der Waals surface area (Å²) >= 11 is 0. The minimum atomic E-state index is -0.928. The van der Waals surface area contributed by atoms with Crippen LogP contribution >= 0.6 is 0 Å². The summed E-state index contributed by atoms with van der Waals surface area (Å²) in [5.74, 6) is -2.17. The van der Waals surface area contributed by atoms with E-state index in [-0.39, 0.29) is 12.2 Å². The summed E-state index contributed by atoms with van der Waals surface area (Å²) in [6.45, 7) is 1.91. The molecule has 2 atom stereocenters. The number of benzene rings is 1. The van der Waals surface area contributed by atoms with E-state index in [0.717, 1.165) is 0 Å². The van der Waals surface area contributed by atoms with E-state index in [1.165, 1.54) is 6.07 Å². The molecule has 2 aromatic rings. The standard InChI is InChI=1S/C14H17FN4O2/c1-2-5-10(14(20)21)11(13-16-18-19-17-13)8-9-6-3-4-7-12(9)15/h3-4,6-7,10-11H,2,5,8H2,1H3,(H,20,21)(H,16,17,18,19). The number of carboxylic acid groups (broad SMARTS) is 1. The maximum atomic E-state index is 13.8. The Morgan fingerprint density at radius 1 is 1.43 bits per heavy atom. The lowest BCUT2D eigenvalue weighted by molar-refractivity contribution is -0.143. The van der Waals surface area contributed by atoms with E-state index in [1.807, 2.05) is 6.92 Å². The highest BCUT2D eigenvalue weighted by molar-refractivity contribution is 5.71. The summed E-state index contributed by atoms with van der Waals surface area (Å²) in [5.41, 5.74) is 0.453. The minimum absolute atomic E-state index is 0.225. The molecule has 112 valence electrons. The zero-order valence-electron chi connectivity index (χ0n) is 11.7. The quantitative estimate of drug-likeness (QED) is 0.816. The van der Waals surface area contributed by atoms with Crippen LogP contribution < -0.4 is 0 Å². The molecule has 0 saturated carbocycles. The molecule has 1 aromatic carbocycles. The topological polar surface area (TPSA) is 91.8 Å². The van der Waals surface area contributed by atoms with Crippen LogP contribution in [0, 0.1) is 11.7 Å². The van der Waals surface area contributed by atoms with Gasteiger partial charge in [-0.15, -0.1) is 10.2 Å². The van der Waals surface area contributed by atoms with Crippen LogP contribution in [-0.4, -0.2) is 31.7 Å². The van der Waals surface area contributed by atoms with Gasteiger partial charge in [0, 0.05) is 5.92 Å². The number of aromatic nitrogens is 4. The van der Waals surface area contributed by atoms with Gasteiger partial charge in [0.15, 0.2) is 5.82 Å². The molecule has 0 aliphatic carbocycles. The van der Waals surface area contributed by atoms with Crippen LogP contribution in [0.1, 0.15) is 37.1 Å². The molecule has 2 N–H and O–H groups in total. The number of aliphatic carboxylic acids is 1. The number of carbonyl (C=O) groups is 1. The summed E-state index contributed by atoms with van der Waals surface area (Å²) < 4.78 is 13.8. The second-order valence-corrected chi connectivity index (χ2v) is 4.91. The first-order valence-electron chi connectivity index (χ1n) is 6.83. The number of rotatable bonds is 7. The molecule has 2 unspecified atom stereocenters.